The van der Waals surface area contributed by atoms with Crippen LogP contribution in [0.25, 0.3) is 0 Å². The van der Waals surface area contributed by atoms with Crippen LogP contribution in [-0.2, 0) is 4.74 Å². The van der Waals surface area contributed by atoms with Crippen LogP contribution in [0.5, 0.6) is 0 Å². The number of aliphatic hydroxyl groups is 1. The number of hydrogen-bond donors (Lipinski definition) is 2. The normalized spacial score (nSPS) is 13.9. The van der Waals surface area contributed by atoms with Crippen molar-refractivity contribution in [2.45, 2.75) is 25.6 Å². The van der Waals surface area contributed by atoms with E-state index in [1.807, 2.05) is 0 Å². The van der Waals surface area contributed by atoms with E-state index in [1.54, 1.807) is 19.9 Å². The van der Waals surface area contributed by atoms with E-state index in [0.29, 0.717) is 10.6 Å². The second kappa shape index (κ2) is 4.35. The van der Waals surface area contributed by atoms with Crippen LogP contribution in [-0.4, -0.2) is 22.8 Å². The molecule has 0 aliphatic carbocycles. The van der Waals surface area contributed by atoms with Gasteiger partial charge in [0.05, 0.1) is 10.6 Å². The molecule has 0 radical (unpaired) electrons. The van der Waals surface area contributed by atoms with Crippen molar-refractivity contribution in [2.75, 3.05) is 12.8 Å². The summed E-state index contributed by atoms with van der Waals surface area (Å²) in [4.78, 5) is 3.88. The number of pyridine rings is 1. The SMILES string of the molecule is COC(C)(C)C(O)c1cc(Cl)cnc1N. The summed E-state index contributed by atoms with van der Waals surface area (Å²) in [6.45, 7) is 3.52. The predicted molar refractivity (Wildman–Crippen MR) is 59.7 cm³/mol. The van der Waals surface area contributed by atoms with E-state index in [1.165, 1.54) is 13.3 Å². The molecular formula is C10H15ClN2O2. The number of hydrogen-bond acceptors (Lipinski definition) is 4. The lowest BCUT2D eigenvalue weighted by atomic mass is 9.95. The highest BCUT2D eigenvalue weighted by Gasteiger charge is 2.30. The van der Waals surface area contributed by atoms with Crippen LogP contribution in [0.4, 0.5) is 5.82 Å². The van der Waals surface area contributed by atoms with Gasteiger partial charge in [0.2, 0.25) is 0 Å². The summed E-state index contributed by atoms with van der Waals surface area (Å²) in [6, 6.07) is 1.59. The third-order valence-electron chi connectivity index (χ3n) is 2.40. The quantitative estimate of drug-likeness (QED) is 0.831. The molecule has 0 bridgehead atoms. The average Bonchev–Trinajstić information content (AvgIpc) is 2.20. The first-order chi connectivity index (χ1) is 6.88. The third-order valence-corrected chi connectivity index (χ3v) is 2.60. The van der Waals surface area contributed by atoms with Crippen molar-refractivity contribution in [2.24, 2.45) is 0 Å². The van der Waals surface area contributed by atoms with E-state index in [0.717, 1.165) is 0 Å². The van der Waals surface area contributed by atoms with Gasteiger partial charge in [-0.2, -0.15) is 0 Å². The maximum absolute atomic E-state index is 10.0. The van der Waals surface area contributed by atoms with Crippen LogP contribution in [0.15, 0.2) is 12.3 Å². The molecule has 0 fully saturated rings. The Morgan fingerprint density at radius 3 is 2.73 bits per heavy atom. The molecule has 1 rings (SSSR count). The summed E-state index contributed by atoms with van der Waals surface area (Å²) in [7, 11) is 1.53. The van der Waals surface area contributed by atoms with Crippen LogP contribution >= 0.6 is 11.6 Å². The van der Waals surface area contributed by atoms with Gasteiger partial charge in [0.25, 0.3) is 0 Å². The Kier molecular flexibility index (Phi) is 3.54. The number of methoxy groups -OCH3 is 1. The lowest BCUT2D eigenvalue weighted by molar-refractivity contribution is -0.0791. The van der Waals surface area contributed by atoms with Crippen LogP contribution in [0.3, 0.4) is 0 Å². The number of nitrogens with zero attached hydrogens (tertiary/aromatic N) is 1. The standard InChI is InChI=1S/C10H15ClN2O2/c1-10(2,15-3)8(14)7-4-6(11)5-13-9(7)12/h4-5,8,14H,1-3H3,(H2,12,13). The minimum atomic E-state index is -0.867. The summed E-state index contributed by atoms with van der Waals surface area (Å²) in [5, 5.41) is 10.5. The van der Waals surface area contributed by atoms with Crippen molar-refractivity contribution >= 4 is 17.4 Å². The zero-order valence-corrected chi connectivity index (χ0v) is 9.75. The van der Waals surface area contributed by atoms with Crippen molar-refractivity contribution in [3.05, 3.63) is 22.8 Å². The van der Waals surface area contributed by atoms with E-state index >= 15 is 0 Å². The fourth-order valence-corrected chi connectivity index (χ4v) is 1.34. The minimum absolute atomic E-state index is 0.261. The molecule has 1 heterocycles. The van der Waals surface area contributed by atoms with Crippen molar-refractivity contribution in [1.29, 1.82) is 0 Å². The zero-order valence-electron chi connectivity index (χ0n) is 8.99. The Hall–Kier alpha value is -0.840. The fourth-order valence-electron chi connectivity index (χ4n) is 1.17. The maximum atomic E-state index is 10.0. The summed E-state index contributed by atoms with van der Waals surface area (Å²) in [6.07, 6.45) is 0.570. The first kappa shape index (κ1) is 12.2. The summed E-state index contributed by atoms with van der Waals surface area (Å²) in [5.41, 5.74) is 5.40. The van der Waals surface area contributed by atoms with E-state index in [9.17, 15) is 5.11 Å². The number of aromatic nitrogens is 1. The van der Waals surface area contributed by atoms with Crippen LogP contribution in [0.1, 0.15) is 25.5 Å². The molecule has 0 aliphatic heterocycles. The van der Waals surface area contributed by atoms with Gasteiger partial charge < -0.3 is 15.6 Å². The second-order valence-electron chi connectivity index (χ2n) is 3.84. The molecule has 0 aliphatic rings. The van der Waals surface area contributed by atoms with Crippen molar-refractivity contribution in [3.8, 4) is 0 Å². The monoisotopic (exact) mass is 230 g/mol. The van der Waals surface area contributed by atoms with Gasteiger partial charge in [0, 0.05) is 18.9 Å². The van der Waals surface area contributed by atoms with E-state index < -0.39 is 11.7 Å². The smallest absolute Gasteiger partial charge is 0.129 e. The summed E-state index contributed by atoms with van der Waals surface area (Å²) < 4.78 is 5.17. The molecule has 5 heteroatoms. The van der Waals surface area contributed by atoms with Gasteiger partial charge in [0.1, 0.15) is 11.9 Å². The number of rotatable bonds is 3. The molecule has 0 saturated carbocycles. The van der Waals surface area contributed by atoms with Crippen molar-refractivity contribution in [3.63, 3.8) is 0 Å². The van der Waals surface area contributed by atoms with Crippen LogP contribution in [0.2, 0.25) is 5.02 Å². The molecule has 1 unspecified atom stereocenters. The molecular weight excluding hydrogens is 216 g/mol. The van der Waals surface area contributed by atoms with Gasteiger partial charge in [-0.05, 0) is 19.9 Å². The molecule has 15 heavy (non-hydrogen) atoms. The molecule has 0 amide bonds. The Bertz CT molecular complexity index is 355. The number of anilines is 1. The third kappa shape index (κ3) is 2.59. The highest BCUT2D eigenvalue weighted by molar-refractivity contribution is 6.30. The van der Waals surface area contributed by atoms with Crippen LogP contribution < -0.4 is 5.73 Å². The topological polar surface area (TPSA) is 68.4 Å². The Morgan fingerprint density at radius 1 is 1.60 bits per heavy atom. The van der Waals surface area contributed by atoms with Crippen LogP contribution in [0, 0.1) is 0 Å². The maximum Gasteiger partial charge on any atom is 0.129 e. The van der Waals surface area contributed by atoms with E-state index in [-0.39, 0.29) is 5.82 Å². The average molecular weight is 231 g/mol. The van der Waals surface area contributed by atoms with Crippen molar-refractivity contribution in [1.82, 2.24) is 4.98 Å². The van der Waals surface area contributed by atoms with Gasteiger partial charge in [-0.15, -0.1) is 0 Å². The molecule has 0 spiro atoms. The largest absolute Gasteiger partial charge is 0.385 e. The summed E-state index contributed by atoms with van der Waals surface area (Å²) in [5.74, 6) is 0.261. The highest BCUT2D eigenvalue weighted by atomic mass is 35.5. The highest BCUT2D eigenvalue weighted by Crippen LogP contribution is 2.31. The molecule has 4 nitrogen and oxygen atoms in total. The van der Waals surface area contributed by atoms with E-state index in [2.05, 4.69) is 4.98 Å². The molecule has 1 aromatic rings. The number of ether oxygens (including phenoxy) is 1. The number of halogens is 1. The van der Waals surface area contributed by atoms with Gasteiger partial charge in [-0.1, -0.05) is 11.6 Å². The van der Waals surface area contributed by atoms with Gasteiger partial charge >= 0.3 is 0 Å². The molecule has 0 aromatic carbocycles. The number of aliphatic hydroxyl groups excluding tert-OH is 1. The number of nitrogen functional groups attached to an aromatic ring is 1. The Labute approximate surface area is 94.0 Å². The summed E-state index contributed by atoms with van der Waals surface area (Å²) >= 11 is 5.78. The van der Waals surface area contributed by atoms with Crippen molar-refractivity contribution < 1.29 is 9.84 Å². The fraction of sp³-hybridized carbons (Fsp3) is 0.500. The molecule has 0 saturated heterocycles. The molecule has 1 aromatic heterocycles. The van der Waals surface area contributed by atoms with Gasteiger partial charge in [0.15, 0.2) is 0 Å². The second-order valence-corrected chi connectivity index (χ2v) is 4.27. The molecule has 84 valence electrons. The number of nitrogens with two attached hydrogens (primary N) is 1. The molecule has 3 N–H and O–H groups in total. The first-order valence-electron chi connectivity index (χ1n) is 4.52. The van der Waals surface area contributed by atoms with Gasteiger partial charge in [-0.3, -0.25) is 0 Å². The first-order valence-corrected chi connectivity index (χ1v) is 4.90. The lowest BCUT2D eigenvalue weighted by Gasteiger charge is -2.29. The van der Waals surface area contributed by atoms with Gasteiger partial charge in [-0.25, -0.2) is 4.98 Å². The Balaban J connectivity index is 3.10. The predicted octanol–water partition coefficient (Wildman–Crippen LogP) is 1.78. The lowest BCUT2D eigenvalue weighted by Crippen LogP contribution is -2.32. The molecule has 1 atom stereocenters. The minimum Gasteiger partial charge on any atom is -0.385 e. The zero-order chi connectivity index (χ0) is 11.6. The Morgan fingerprint density at radius 2 is 2.20 bits per heavy atom. The van der Waals surface area contributed by atoms with E-state index in [4.69, 9.17) is 22.1 Å².